The molecule has 0 atom stereocenters. The van der Waals surface area contributed by atoms with Crippen molar-refractivity contribution in [1.82, 2.24) is 15.0 Å². The van der Waals surface area contributed by atoms with Crippen molar-refractivity contribution in [3.63, 3.8) is 0 Å². The zero-order chi connectivity index (χ0) is 15.4. The highest BCUT2D eigenvalue weighted by Crippen LogP contribution is 2.19. The first kappa shape index (κ1) is 15.0. The van der Waals surface area contributed by atoms with Gasteiger partial charge in [-0.3, -0.25) is 9.32 Å². The second-order valence-electron chi connectivity index (χ2n) is 5.37. The molecule has 21 heavy (non-hydrogen) atoms. The van der Waals surface area contributed by atoms with Gasteiger partial charge < -0.3 is 5.32 Å². The predicted molar refractivity (Wildman–Crippen MR) is 78.8 cm³/mol. The molecule has 0 fully saturated rings. The Balaban J connectivity index is 2.25. The Kier molecular flexibility index (Phi) is 4.57. The van der Waals surface area contributed by atoms with Crippen LogP contribution in [0.1, 0.15) is 19.4 Å². The third-order valence-electron chi connectivity index (χ3n) is 3.08. The number of nitrogens with one attached hydrogen (secondary N) is 1. The normalized spacial score (nSPS) is 10.9. The van der Waals surface area contributed by atoms with E-state index in [1.165, 1.54) is 4.57 Å². The van der Waals surface area contributed by atoms with E-state index >= 15 is 0 Å². The highest BCUT2D eigenvalue weighted by Gasteiger charge is 2.16. The lowest BCUT2D eigenvalue weighted by Crippen LogP contribution is -2.33. The Morgan fingerprint density at radius 3 is 2.76 bits per heavy atom. The molecule has 0 radical (unpaired) electrons. The summed E-state index contributed by atoms with van der Waals surface area (Å²) in [6, 6.07) is 7.51. The van der Waals surface area contributed by atoms with Crippen molar-refractivity contribution >= 4 is 5.91 Å². The number of aromatic nitrogens is 2. The van der Waals surface area contributed by atoms with Crippen molar-refractivity contribution in [2.75, 3.05) is 6.54 Å². The molecule has 2 aromatic rings. The van der Waals surface area contributed by atoms with Gasteiger partial charge in [-0.2, -0.15) is 0 Å². The van der Waals surface area contributed by atoms with Gasteiger partial charge in [0.1, 0.15) is 6.54 Å². The van der Waals surface area contributed by atoms with E-state index in [2.05, 4.69) is 10.5 Å². The highest BCUT2D eigenvalue weighted by molar-refractivity contribution is 5.76. The number of hydrogen-bond donors (Lipinski definition) is 1. The van der Waals surface area contributed by atoms with E-state index in [9.17, 15) is 9.59 Å². The first-order chi connectivity index (χ1) is 9.99. The molecule has 112 valence electrons. The second-order valence-corrected chi connectivity index (χ2v) is 5.37. The van der Waals surface area contributed by atoms with E-state index in [-0.39, 0.29) is 12.5 Å². The van der Waals surface area contributed by atoms with Crippen molar-refractivity contribution in [1.29, 1.82) is 0 Å². The summed E-state index contributed by atoms with van der Waals surface area (Å²) in [5, 5.41) is 6.56. The maximum absolute atomic E-state index is 11.9. The monoisotopic (exact) mass is 289 g/mol. The minimum absolute atomic E-state index is 0.0985. The van der Waals surface area contributed by atoms with Gasteiger partial charge in [-0.05, 0) is 18.4 Å². The zero-order valence-corrected chi connectivity index (χ0v) is 12.4. The van der Waals surface area contributed by atoms with Crippen LogP contribution in [0, 0.1) is 12.8 Å². The molecule has 1 aromatic carbocycles. The van der Waals surface area contributed by atoms with Crippen LogP contribution in [0.3, 0.4) is 0 Å². The van der Waals surface area contributed by atoms with Gasteiger partial charge in [-0.25, -0.2) is 9.36 Å². The molecule has 0 saturated carbocycles. The van der Waals surface area contributed by atoms with Crippen LogP contribution in [0.5, 0.6) is 0 Å². The van der Waals surface area contributed by atoms with Gasteiger partial charge in [0.25, 0.3) is 0 Å². The van der Waals surface area contributed by atoms with Crippen LogP contribution in [-0.2, 0) is 11.3 Å². The third kappa shape index (κ3) is 3.59. The summed E-state index contributed by atoms with van der Waals surface area (Å²) in [5.41, 5.74) is 1.74. The molecule has 0 bridgehead atoms. The van der Waals surface area contributed by atoms with Crippen molar-refractivity contribution in [3.8, 4) is 11.4 Å². The third-order valence-corrected chi connectivity index (χ3v) is 3.08. The number of aryl methyl sites for hydroxylation is 1. The van der Waals surface area contributed by atoms with Gasteiger partial charge in [-0.1, -0.05) is 43.3 Å². The summed E-state index contributed by atoms with van der Waals surface area (Å²) < 4.78 is 5.96. The smallest absolute Gasteiger partial charge is 0.354 e. The number of carbonyl (C=O) groups is 1. The maximum Gasteiger partial charge on any atom is 0.442 e. The Labute approximate surface area is 122 Å². The molecule has 6 heteroatoms. The van der Waals surface area contributed by atoms with Crippen LogP contribution in [0.25, 0.3) is 11.4 Å². The summed E-state index contributed by atoms with van der Waals surface area (Å²) >= 11 is 0. The lowest BCUT2D eigenvalue weighted by Gasteiger charge is -2.09. The van der Waals surface area contributed by atoms with E-state index in [1.807, 2.05) is 45.0 Å². The highest BCUT2D eigenvalue weighted by atomic mass is 16.5. The Bertz CT molecular complexity index is 685. The summed E-state index contributed by atoms with van der Waals surface area (Å²) in [6.07, 6.45) is 0. The largest absolute Gasteiger partial charge is 0.442 e. The summed E-state index contributed by atoms with van der Waals surface area (Å²) in [7, 11) is 0. The van der Waals surface area contributed by atoms with Crippen LogP contribution in [-0.4, -0.2) is 22.2 Å². The first-order valence-electron chi connectivity index (χ1n) is 6.88. The van der Waals surface area contributed by atoms with Gasteiger partial charge in [0.2, 0.25) is 5.91 Å². The molecule has 1 heterocycles. The van der Waals surface area contributed by atoms with Gasteiger partial charge >= 0.3 is 5.76 Å². The van der Waals surface area contributed by atoms with E-state index < -0.39 is 5.76 Å². The van der Waals surface area contributed by atoms with Gasteiger partial charge in [0.05, 0.1) is 0 Å². The molecule has 0 aliphatic heterocycles. The molecule has 2 rings (SSSR count). The molecule has 1 amide bonds. The van der Waals surface area contributed by atoms with Crippen molar-refractivity contribution in [2.45, 2.75) is 27.3 Å². The lowest BCUT2D eigenvalue weighted by atomic mass is 10.1. The number of carbonyl (C=O) groups excluding carboxylic acids is 1. The zero-order valence-electron chi connectivity index (χ0n) is 12.4. The van der Waals surface area contributed by atoms with Gasteiger partial charge in [-0.15, -0.1) is 0 Å². The Morgan fingerprint density at radius 2 is 2.10 bits per heavy atom. The fourth-order valence-corrected chi connectivity index (χ4v) is 1.94. The molecule has 0 unspecified atom stereocenters. The molecule has 0 aliphatic carbocycles. The molecule has 0 spiro atoms. The summed E-state index contributed by atoms with van der Waals surface area (Å²) in [6.45, 7) is 6.39. The Hall–Kier alpha value is -2.37. The van der Waals surface area contributed by atoms with Crippen molar-refractivity contribution in [2.24, 2.45) is 5.92 Å². The molecule has 1 aromatic heterocycles. The van der Waals surface area contributed by atoms with Crippen LogP contribution in [0.15, 0.2) is 33.6 Å². The summed E-state index contributed by atoms with van der Waals surface area (Å²) in [4.78, 5) is 23.6. The van der Waals surface area contributed by atoms with Gasteiger partial charge in [0, 0.05) is 12.1 Å². The maximum atomic E-state index is 11.9. The van der Waals surface area contributed by atoms with Crippen LogP contribution in [0.2, 0.25) is 0 Å². The minimum atomic E-state index is -0.632. The van der Waals surface area contributed by atoms with Crippen LogP contribution >= 0.6 is 0 Å². The molecule has 1 N–H and O–H groups in total. The molecular weight excluding hydrogens is 270 g/mol. The van der Waals surface area contributed by atoms with Gasteiger partial charge in [0.15, 0.2) is 5.82 Å². The number of rotatable bonds is 5. The number of amides is 1. The SMILES string of the molecule is Cc1ccccc1-c1noc(=O)n1CC(=O)NCC(C)C. The fraction of sp³-hybridized carbons (Fsp3) is 0.400. The summed E-state index contributed by atoms with van der Waals surface area (Å²) in [5.74, 6) is -0.140. The van der Waals surface area contributed by atoms with Crippen LogP contribution < -0.4 is 11.1 Å². The van der Waals surface area contributed by atoms with E-state index in [0.717, 1.165) is 11.1 Å². The van der Waals surface area contributed by atoms with E-state index in [0.29, 0.717) is 18.3 Å². The first-order valence-corrected chi connectivity index (χ1v) is 6.88. The standard InChI is InChI=1S/C15H19N3O3/c1-10(2)8-16-13(19)9-18-14(17-21-15(18)20)12-7-5-4-6-11(12)3/h4-7,10H,8-9H2,1-3H3,(H,16,19). The molecular formula is C15H19N3O3. The molecule has 0 saturated heterocycles. The number of hydrogen-bond acceptors (Lipinski definition) is 4. The van der Waals surface area contributed by atoms with E-state index in [1.54, 1.807) is 0 Å². The fourth-order valence-electron chi connectivity index (χ4n) is 1.94. The van der Waals surface area contributed by atoms with Crippen molar-refractivity contribution in [3.05, 3.63) is 40.4 Å². The Morgan fingerprint density at radius 1 is 1.38 bits per heavy atom. The minimum Gasteiger partial charge on any atom is -0.354 e. The van der Waals surface area contributed by atoms with Crippen molar-refractivity contribution < 1.29 is 9.32 Å². The second kappa shape index (κ2) is 6.39. The number of benzene rings is 1. The molecule has 6 nitrogen and oxygen atoms in total. The number of nitrogens with zero attached hydrogens (tertiary/aromatic N) is 2. The van der Waals surface area contributed by atoms with E-state index in [4.69, 9.17) is 4.52 Å². The lowest BCUT2D eigenvalue weighted by molar-refractivity contribution is -0.121. The average Bonchev–Trinajstić information content (AvgIpc) is 2.79. The predicted octanol–water partition coefficient (Wildman–Crippen LogP) is 1.58. The topological polar surface area (TPSA) is 77.1 Å². The van der Waals surface area contributed by atoms with Crippen LogP contribution in [0.4, 0.5) is 0 Å². The average molecular weight is 289 g/mol. The molecule has 0 aliphatic rings. The quantitative estimate of drug-likeness (QED) is 0.906.